The maximum Gasteiger partial charge on any atom is 0.146 e. The van der Waals surface area contributed by atoms with Crippen molar-refractivity contribution in [3.8, 4) is 0 Å². The van der Waals surface area contributed by atoms with E-state index in [4.69, 9.17) is 0 Å². The summed E-state index contributed by atoms with van der Waals surface area (Å²) in [6.45, 7) is 7.27. The van der Waals surface area contributed by atoms with Crippen molar-refractivity contribution >= 4 is 5.69 Å². The summed E-state index contributed by atoms with van der Waals surface area (Å²) in [6.07, 6.45) is 2.29. The first-order chi connectivity index (χ1) is 16.2. The molecule has 0 amide bonds. The second-order valence-electron chi connectivity index (χ2n) is 9.85. The van der Waals surface area contributed by atoms with Gasteiger partial charge in [0.2, 0.25) is 0 Å². The second kappa shape index (κ2) is 10.1. The Balaban J connectivity index is 1.30. The SMILES string of the molecule is Fc1ccccc1NC[C@]12CN(CCc3ccccc3)CCC1CN(Cc1ccccc1)C2. The van der Waals surface area contributed by atoms with Crippen LogP contribution in [-0.2, 0) is 13.0 Å². The zero-order valence-electron chi connectivity index (χ0n) is 19.3. The Labute approximate surface area is 197 Å². The molecule has 3 nitrogen and oxygen atoms in total. The summed E-state index contributed by atoms with van der Waals surface area (Å²) in [5.41, 5.74) is 3.52. The van der Waals surface area contributed by atoms with Gasteiger partial charge in [-0.3, -0.25) is 4.90 Å². The smallest absolute Gasteiger partial charge is 0.146 e. The lowest BCUT2D eigenvalue weighted by atomic mass is 9.73. The highest BCUT2D eigenvalue weighted by Crippen LogP contribution is 2.43. The van der Waals surface area contributed by atoms with Crippen LogP contribution in [0.5, 0.6) is 0 Å². The third-order valence-electron chi connectivity index (χ3n) is 7.53. The molecule has 0 spiro atoms. The molecule has 2 aliphatic rings. The van der Waals surface area contributed by atoms with Crippen molar-refractivity contribution in [3.05, 3.63) is 102 Å². The van der Waals surface area contributed by atoms with Crippen LogP contribution in [-0.4, -0.2) is 49.1 Å². The van der Waals surface area contributed by atoms with Crippen molar-refractivity contribution in [1.82, 2.24) is 9.80 Å². The Morgan fingerprint density at radius 2 is 1.48 bits per heavy atom. The molecule has 2 atom stereocenters. The Morgan fingerprint density at radius 1 is 0.818 bits per heavy atom. The molecule has 3 aromatic rings. The van der Waals surface area contributed by atoms with Crippen LogP contribution in [0.15, 0.2) is 84.9 Å². The molecular weight excluding hydrogens is 409 g/mol. The number of fused-ring (bicyclic) bond motifs is 1. The molecule has 33 heavy (non-hydrogen) atoms. The minimum Gasteiger partial charge on any atom is -0.382 e. The number of hydrogen-bond acceptors (Lipinski definition) is 3. The molecule has 2 aliphatic heterocycles. The van der Waals surface area contributed by atoms with E-state index >= 15 is 0 Å². The first-order valence-electron chi connectivity index (χ1n) is 12.2. The largest absolute Gasteiger partial charge is 0.382 e. The van der Waals surface area contributed by atoms with E-state index in [1.54, 1.807) is 12.1 Å². The molecular formula is C29H34FN3. The summed E-state index contributed by atoms with van der Waals surface area (Å²) in [7, 11) is 0. The minimum absolute atomic E-state index is 0.131. The zero-order valence-corrected chi connectivity index (χ0v) is 19.3. The second-order valence-corrected chi connectivity index (χ2v) is 9.85. The fourth-order valence-electron chi connectivity index (χ4n) is 5.80. The number of nitrogens with zero attached hydrogens (tertiary/aromatic N) is 2. The first kappa shape index (κ1) is 22.1. The van der Waals surface area contributed by atoms with Crippen molar-refractivity contribution < 1.29 is 4.39 Å². The summed E-state index contributed by atoms with van der Waals surface area (Å²) in [5, 5.41) is 3.50. The molecule has 0 aliphatic carbocycles. The summed E-state index contributed by atoms with van der Waals surface area (Å²) in [6, 6.07) is 28.6. The van der Waals surface area contributed by atoms with E-state index in [1.165, 1.54) is 17.5 Å². The van der Waals surface area contributed by atoms with Crippen LogP contribution in [0.3, 0.4) is 0 Å². The summed E-state index contributed by atoms with van der Waals surface area (Å²) in [5.74, 6) is 0.467. The highest BCUT2D eigenvalue weighted by molar-refractivity contribution is 5.44. The number of likely N-dealkylation sites (tertiary alicyclic amines) is 2. The van der Waals surface area contributed by atoms with Gasteiger partial charge in [0.1, 0.15) is 5.82 Å². The van der Waals surface area contributed by atoms with Gasteiger partial charge in [0, 0.05) is 44.7 Å². The minimum atomic E-state index is -0.165. The standard InChI is InChI=1S/C29H34FN3/c30-27-13-7-8-14-28(27)31-21-29-22-32(17-15-24-9-3-1-4-10-24)18-16-26(29)20-33(23-29)19-25-11-5-2-6-12-25/h1-14,26,31H,15-23H2/t26?,29-/m1/s1. The molecule has 4 heteroatoms. The van der Waals surface area contributed by atoms with Gasteiger partial charge in [-0.1, -0.05) is 72.8 Å². The molecule has 1 N–H and O–H groups in total. The summed E-state index contributed by atoms with van der Waals surface area (Å²) < 4.78 is 14.4. The fourth-order valence-corrected chi connectivity index (χ4v) is 5.80. The Morgan fingerprint density at radius 3 is 2.24 bits per heavy atom. The lowest BCUT2D eigenvalue weighted by Crippen LogP contribution is -2.52. The first-order valence-corrected chi connectivity index (χ1v) is 12.2. The molecule has 2 heterocycles. The topological polar surface area (TPSA) is 18.5 Å². The van der Waals surface area contributed by atoms with Gasteiger partial charge in [-0.25, -0.2) is 4.39 Å². The van der Waals surface area contributed by atoms with Gasteiger partial charge in [0.25, 0.3) is 0 Å². The highest BCUT2D eigenvalue weighted by atomic mass is 19.1. The van der Waals surface area contributed by atoms with Crippen molar-refractivity contribution in [2.45, 2.75) is 19.4 Å². The zero-order chi connectivity index (χ0) is 22.5. The van der Waals surface area contributed by atoms with Crippen LogP contribution in [0.1, 0.15) is 17.5 Å². The monoisotopic (exact) mass is 443 g/mol. The molecule has 3 aromatic carbocycles. The molecule has 0 bridgehead atoms. The number of anilines is 1. The molecule has 5 rings (SSSR count). The number of nitrogens with one attached hydrogen (secondary N) is 1. The molecule has 0 aromatic heterocycles. The van der Waals surface area contributed by atoms with Crippen LogP contribution in [0.2, 0.25) is 0 Å². The van der Waals surface area contributed by atoms with E-state index in [9.17, 15) is 4.39 Å². The van der Waals surface area contributed by atoms with Crippen LogP contribution in [0.25, 0.3) is 0 Å². The Bertz CT molecular complexity index is 1030. The maximum absolute atomic E-state index is 14.4. The van der Waals surface area contributed by atoms with Crippen LogP contribution < -0.4 is 5.32 Å². The average Bonchev–Trinajstić information content (AvgIpc) is 3.21. The van der Waals surface area contributed by atoms with Crippen molar-refractivity contribution in [2.75, 3.05) is 44.6 Å². The van der Waals surface area contributed by atoms with Gasteiger partial charge >= 0.3 is 0 Å². The number of hydrogen-bond donors (Lipinski definition) is 1. The quantitative estimate of drug-likeness (QED) is 0.509. The lowest BCUT2D eigenvalue weighted by molar-refractivity contribution is 0.0712. The van der Waals surface area contributed by atoms with Gasteiger partial charge in [-0.2, -0.15) is 0 Å². The molecule has 1 unspecified atom stereocenters. The van der Waals surface area contributed by atoms with Crippen LogP contribution in [0, 0.1) is 17.2 Å². The lowest BCUT2D eigenvalue weighted by Gasteiger charge is -2.44. The summed E-state index contributed by atoms with van der Waals surface area (Å²) >= 11 is 0. The predicted molar refractivity (Wildman–Crippen MR) is 134 cm³/mol. The average molecular weight is 444 g/mol. The number of rotatable bonds is 8. The van der Waals surface area contributed by atoms with E-state index in [0.717, 1.165) is 52.2 Å². The molecule has 2 fully saturated rings. The third-order valence-corrected chi connectivity index (χ3v) is 7.53. The number of piperidine rings is 1. The number of para-hydroxylation sites is 1. The van der Waals surface area contributed by atoms with Crippen LogP contribution >= 0.6 is 0 Å². The van der Waals surface area contributed by atoms with E-state index in [-0.39, 0.29) is 11.2 Å². The van der Waals surface area contributed by atoms with Crippen LogP contribution in [0.4, 0.5) is 10.1 Å². The van der Waals surface area contributed by atoms with Crippen molar-refractivity contribution in [2.24, 2.45) is 11.3 Å². The van der Waals surface area contributed by atoms with Gasteiger partial charge in [-0.05, 0) is 48.6 Å². The van der Waals surface area contributed by atoms with Crippen molar-refractivity contribution in [3.63, 3.8) is 0 Å². The predicted octanol–water partition coefficient (Wildman–Crippen LogP) is 5.30. The van der Waals surface area contributed by atoms with Gasteiger partial charge < -0.3 is 10.2 Å². The number of benzene rings is 3. The van der Waals surface area contributed by atoms with E-state index < -0.39 is 0 Å². The van der Waals surface area contributed by atoms with Gasteiger partial charge in [-0.15, -0.1) is 0 Å². The fraction of sp³-hybridized carbons (Fsp3) is 0.379. The molecule has 2 saturated heterocycles. The molecule has 172 valence electrons. The van der Waals surface area contributed by atoms with E-state index in [2.05, 4.69) is 75.8 Å². The Kier molecular flexibility index (Phi) is 6.75. The molecule has 0 saturated carbocycles. The maximum atomic E-state index is 14.4. The summed E-state index contributed by atoms with van der Waals surface area (Å²) in [4.78, 5) is 5.25. The normalized spacial score (nSPS) is 23.4. The van der Waals surface area contributed by atoms with Gasteiger partial charge in [0.05, 0.1) is 5.69 Å². The highest BCUT2D eigenvalue weighted by Gasteiger charge is 2.49. The van der Waals surface area contributed by atoms with E-state index in [1.807, 2.05) is 12.1 Å². The van der Waals surface area contributed by atoms with Gasteiger partial charge in [0.15, 0.2) is 0 Å². The van der Waals surface area contributed by atoms with Crippen molar-refractivity contribution in [1.29, 1.82) is 0 Å². The van der Waals surface area contributed by atoms with E-state index in [0.29, 0.717) is 11.6 Å². The Hall–Kier alpha value is -2.69. The third kappa shape index (κ3) is 5.29. The number of halogens is 1. The molecule has 0 radical (unpaired) electrons.